The number of carbonyl (C=O) groups is 2. The van der Waals surface area contributed by atoms with Gasteiger partial charge in [-0.15, -0.1) is 0 Å². The van der Waals surface area contributed by atoms with E-state index in [2.05, 4.69) is 0 Å². The Morgan fingerprint density at radius 3 is 1.63 bits per heavy atom. The zero-order valence-electron chi connectivity index (χ0n) is 13.2. The summed E-state index contributed by atoms with van der Waals surface area (Å²) in [7, 11) is 0. The van der Waals surface area contributed by atoms with Crippen LogP contribution >= 0.6 is 0 Å². The Balaban J connectivity index is -0.00000128. The van der Waals surface area contributed by atoms with Crippen molar-refractivity contribution in [1.82, 2.24) is 0 Å². The number of unbranched alkanes of at least 4 members (excludes halogenated alkanes) is 3. The molecule has 0 aliphatic heterocycles. The molecule has 0 N–H and O–H groups in total. The summed E-state index contributed by atoms with van der Waals surface area (Å²) in [4.78, 5) is 22.5. The van der Waals surface area contributed by atoms with Crippen LogP contribution in [0.4, 0.5) is 0 Å². The van der Waals surface area contributed by atoms with E-state index in [0.717, 1.165) is 19.3 Å². The van der Waals surface area contributed by atoms with Gasteiger partial charge in [0.25, 0.3) is 0 Å². The molecule has 0 unspecified atom stereocenters. The average molecular weight is 304 g/mol. The molecule has 0 atom stereocenters. The molecule has 0 aromatic heterocycles. The van der Waals surface area contributed by atoms with E-state index in [-0.39, 0.29) is 87.4 Å². The van der Waals surface area contributed by atoms with Crippen LogP contribution in [0.15, 0.2) is 0 Å². The van der Waals surface area contributed by atoms with Gasteiger partial charge in [-0.2, -0.15) is 0 Å². The van der Waals surface area contributed by atoms with Crippen molar-refractivity contribution in [3.63, 3.8) is 0 Å². The number of hydrogen-bond donors (Lipinski definition) is 0. The minimum absolute atomic E-state index is 0. The molecule has 0 aliphatic carbocycles. The van der Waals surface area contributed by atoms with Crippen LogP contribution < -0.4 is 91.2 Å². The second-order valence-electron chi connectivity index (χ2n) is 5.54. The number of carboxylic acids is 2. The van der Waals surface area contributed by atoms with E-state index in [9.17, 15) is 19.8 Å². The van der Waals surface area contributed by atoms with Gasteiger partial charge in [0.05, 0.1) is 17.4 Å². The van der Waals surface area contributed by atoms with E-state index in [1.165, 1.54) is 0 Å². The van der Waals surface area contributed by atoms with Gasteiger partial charge < -0.3 is 19.8 Å². The van der Waals surface area contributed by atoms with Gasteiger partial charge in [0, 0.05) is 0 Å². The molecule has 0 fully saturated rings. The maximum atomic E-state index is 11.2. The van der Waals surface area contributed by atoms with Gasteiger partial charge in [-0.25, -0.2) is 0 Å². The Bertz CT molecular complexity index is 273. The molecule has 0 rings (SSSR count). The molecular formula is C13H22KNaO4. The largest absolute Gasteiger partial charge is 1.00 e. The van der Waals surface area contributed by atoms with E-state index in [4.69, 9.17) is 0 Å². The number of carbonyl (C=O) groups excluding carboxylic acids is 2. The van der Waals surface area contributed by atoms with Gasteiger partial charge in [-0.3, -0.25) is 0 Å². The van der Waals surface area contributed by atoms with Gasteiger partial charge in [-0.1, -0.05) is 53.4 Å². The van der Waals surface area contributed by atoms with Gasteiger partial charge in [0.15, 0.2) is 0 Å². The summed E-state index contributed by atoms with van der Waals surface area (Å²) in [6, 6.07) is 0. The smallest absolute Gasteiger partial charge is 0.549 e. The Kier molecular flexibility index (Phi) is 15.0. The van der Waals surface area contributed by atoms with Gasteiger partial charge in [0.2, 0.25) is 0 Å². The first-order valence-electron chi connectivity index (χ1n) is 6.13. The third-order valence-corrected chi connectivity index (χ3v) is 3.38. The summed E-state index contributed by atoms with van der Waals surface area (Å²) >= 11 is 0. The molecule has 4 nitrogen and oxygen atoms in total. The standard InChI is InChI=1S/C13H24O4.K.Na/c1-5-6-7-8-9-13(10(14)15,11(16)17)12(2,3)4;;/h5-9H2,1-4H3,(H,14,15)(H,16,17);;/q;2*+1/p-2. The summed E-state index contributed by atoms with van der Waals surface area (Å²) in [5.41, 5.74) is -2.82. The normalized spacial score (nSPS) is 11.2. The molecule has 0 saturated heterocycles. The van der Waals surface area contributed by atoms with Crippen molar-refractivity contribution < 1.29 is 101 Å². The zero-order chi connectivity index (χ0) is 13.7. The summed E-state index contributed by atoms with van der Waals surface area (Å²) in [5, 5.41) is 22.5. The molecule has 6 heteroatoms. The van der Waals surface area contributed by atoms with Crippen LogP contribution in [0.25, 0.3) is 0 Å². The summed E-state index contributed by atoms with van der Waals surface area (Å²) < 4.78 is 0. The van der Waals surface area contributed by atoms with Crippen LogP contribution in [0.2, 0.25) is 0 Å². The van der Waals surface area contributed by atoms with Crippen LogP contribution in [0, 0.1) is 10.8 Å². The van der Waals surface area contributed by atoms with Crippen molar-refractivity contribution >= 4 is 11.9 Å². The summed E-state index contributed by atoms with van der Waals surface area (Å²) in [6.45, 7) is 6.82. The van der Waals surface area contributed by atoms with Crippen molar-refractivity contribution in [1.29, 1.82) is 0 Å². The third-order valence-electron chi connectivity index (χ3n) is 3.38. The first kappa shape index (κ1) is 25.5. The van der Waals surface area contributed by atoms with E-state index < -0.39 is 22.8 Å². The quantitative estimate of drug-likeness (QED) is 0.267. The Morgan fingerprint density at radius 1 is 0.947 bits per heavy atom. The van der Waals surface area contributed by atoms with Gasteiger partial charge >= 0.3 is 80.9 Å². The summed E-state index contributed by atoms with van der Waals surface area (Å²) in [5.74, 6) is -3.08. The fraction of sp³-hybridized carbons (Fsp3) is 0.846. The second kappa shape index (κ2) is 11.2. The molecule has 0 radical (unpaired) electrons. The van der Waals surface area contributed by atoms with Crippen molar-refractivity contribution in [2.45, 2.75) is 59.8 Å². The average Bonchev–Trinajstić information content (AvgIpc) is 2.14. The molecule has 0 amide bonds. The first-order valence-corrected chi connectivity index (χ1v) is 6.13. The molecule has 0 aromatic carbocycles. The minimum Gasteiger partial charge on any atom is -0.549 e. The predicted octanol–water partition coefficient (Wildman–Crippen LogP) is -5.50. The number of carboxylic acid groups (broad SMARTS) is 2. The molecule has 0 saturated carbocycles. The summed E-state index contributed by atoms with van der Waals surface area (Å²) in [6.07, 6.45) is 3.45. The zero-order valence-corrected chi connectivity index (χ0v) is 18.3. The second-order valence-corrected chi connectivity index (χ2v) is 5.54. The number of aliphatic carboxylic acids is 2. The van der Waals surface area contributed by atoms with Crippen LogP contribution in [0.1, 0.15) is 59.8 Å². The Labute approximate surface area is 180 Å². The molecule has 0 bridgehead atoms. The molecule has 0 spiro atoms. The van der Waals surface area contributed by atoms with Crippen molar-refractivity contribution in [2.75, 3.05) is 0 Å². The Morgan fingerprint density at radius 2 is 1.37 bits per heavy atom. The van der Waals surface area contributed by atoms with E-state index in [1.54, 1.807) is 20.8 Å². The maximum absolute atomic E-state index is 11.2. The third kappa shape index (κ3) is 6.91. The maximum Gasteiger partial charge on any atom is 1.00 e. The fourth-order valence-corrected chi connectivity index (χ4v) is 2.09. The molecule has 100 valence electrons. The number of hydrogen-bond acceptors (Lipinski definition) is 4. The Hall–Kier alpha value is 1.58. The molecule has 0 aliphatic rings. The van der Waals surface area contributed by atoms with Crippen molar-refractivity contribution in [3.8, 4) is 0 Å². The molecule has 0 heterocycles. The SMILES string of the molecule is CCCCCCC(C(=O)[O-])(C(=O)[O-])C(C)(C)C.[K+].[Na+]. The van der Waals surface area contributed by atoms with Crippen molar-refractivity contribution in [2.24, 2.45) is 10.8 Å². The van der Waals surface area contributed by atoms with Crippen molar-refractivity contribution in [3.05, 3.63) is 0 Å². The predicted molar refractivity (Wildman–Crippen MR) is 60.7 cm³/mol. The van der Waals surface area contributed by atoms with E-state index in [1.807, 2.05) is 6.92 Å². The van der Waals surface area contributed by atoms with Crippen LogP contribution in [0.5, 0.6) is 0 Å². The van der Waals surface area contributed by atoms with Gasteiger partial charge in [-0.05, 0) is 11.8 Å². The molecule has 0 aromatic rings. The van der Waals surface area contributed by atoms with Crippen LogP contribution in [0.3, 0.4) is 0 Å². The monoisotopic (exact) mass is 304 g/mol. The number of rotatable bonds is 7. The topological polar surface area (TPSA) is 80.3 Å². The van der Waals surface area contributed by atoms with Gasteiger partial charge in [0.1, 0.15) is 0 Å². The van der Waals surface area contributed by atoms with Crippen LogP contribution in [-0.4, -0.2) is 11.9 Å². The molecule has 19 heavy (non-hydrogen) atoms. The minimum atomic E-state index is -1.90. The van der Waals surface area contributed by atoms with Crippen LogP contribution in [-0.2, 0) is 9.59 Å². The van der Waals surface area contributed by atoms with E-state index >= 15 is 0 Å². The van der Waals surface area contributed by atoms with E-state index in [0.29, 0.717) is 6.42 Å². The first-order chi connectivity index (χ1) is 7.70. The fourth-order valence-electron chi connectivity index (χ4n) is 2.09. The molecular weight excluding hydrogens is 282 g/mol.